The summed E-state index contributed by atoms with van der Waals surface area (Å²) in [6.45, 7) is 2.75. The van der Waals surface area contributed by atoms with Gasteiger partial charge in [0, 0.05) is 19.8 Å². The van der Waals surface area contributed by atoms with Gasteiger partial charge in [0.05, 0.1) is 11.0 Å². The van der Waals surface area contributed by atoms with E-state index in [4.69, 9.17) is 17.0 Å². The highest BCUT2D eigenvalue weighted by Gasteiger charge is 2.11. The number of rotatable bonds is 4. The Morgan fingerprint density at radius 2 is 2.29 bits per heavy atom. The van der Waals surface area contributed by atoms with Gasteiger partial charge in [0.15, 0.2) is 4.77 Å². The number of hydrogen-bond donors (Lipinski definition) is 1. The maximum Gasteiger partial charge on any atom is 0.178 e. The third kappa shape index (κ3) is 2.40. The molecular weight excluding hydrogens is 239 g/mol. The van der Waals surface area contributed by atoms with Crippen LogP contribution in [-0.2, 0) is 4.74 Å². The van der Waals surface area contributed by atoms with Crippen molar-refractivity contribution in [2.45, 2.75) is 19.4 Å². The van der Waals surface area contributed by atoms with Crippen molar-refractivity contribution in [3.8, 4) is 0 Å². The summed E-state index contributed by atoms with van der Waals surface area (Å²) >= 11 is 5.27. The molecule has 0 aliphatic rings. The fraction of sp³-hybridized carbons (Fsp3) is 0.417. The predicted octanol–water partition coefficient (Wildman–Crippen LogP) is 3.44. The van der Waals surface area contributed by atoms with E-state index in [1.54, 1.807) is 13.2 Å². The number of benzene rings is 1. The normalized spacial score (nSPS) is 13.1. The minimum atomic E-state index is -0.259. The number of nitrogens with one attached hydrogen (secondary N) is 1. The van der Waals surface area contributed by atoms with E-state index in [2.05, 4.69) is 11.9 Å². The Bertz CT molecular complexity index is 575. The first-order valence-electron chi connectivity index (χ1n) is 5.52. The van der Waals surface area contributed by atoms with Crippen LogP contribution in [0.15, 0.2) is 18.2 Å². The fourth-order valence-corrected chi connectivity index (χ4v) is 2.35. The van der Waals surface area contributed by atoms with Crippen LogP contribution in [-0.4, -0.2) is 23.3 Å². The second-order valence-corrected chi connectivity index (χ2v) is 4.48. The number of imidazole rings is 1. The summed E-state index contributed by atoms with van der Waals surface area (Å²) in [7, 11) is 1.68. The second-order valence-electron chi connectivity index (χ2n) is 4.09. The molecule has 0 aliphatic heterocycles. The van der Waals surface area contributed by atoms with Crippen molar-refractivity contribution in [3.05, 3.63) is 28.8 Å². The molecule has 0 spiro atoms. The molecule has 1 unspecified atom stereocenters. The standard InChI is InChI=1S/C12H15FN2OS/c1-8(5-6-16-2)15-11-4-3-9(13)7-10(11)14-12(15)17/h3-4,7-8H,5-6H2,1-2H3,(H,14,17). The lowest BCUT2D eigenvalue weighted by Gasteiger charge is -2.13. The van der Waals surface area contributed by atoms with Crippen molar-refractivity contribution in [3.63, 3.8) is 0 Å². The van der Waals surface area contributed by atoms with Crippen LogP contribution in [0.2, 0.25) is 0 Å². The van der Waals surface area contributed by atoms with Gasteiger partial charge >= 0.3 is 0 Å². The van der Waals surface area contributed by atoms with Gasteiger partial charge in [-0.2, -0.15) is 0 Å². The van der Waals surface area contributed by atoms with Gasteiger partial charge < -0.3 is 14.3 Å². The smallest absolute Gasteiger partial charge is 0.178 e. The summed E-state index contributed by atoms with van der Waals surface area (Å²) in [6, 6.07) is 4.89. The summed E-state index contributed by atoms with van der Waals surface area (Å²) in [4.78, 5) is 3.02. The highest BCUT2D eigenvalue weighted by atomic mass is 32.1. The van der Waals surface area contributed by atoms with Gasteiger partial charge in [0.25, 0.3) is 0 Å². The van der Waals surface area contributed by atoms with Gasteiger partial charge in [-0.05, 0) is 43.8 Å². The highest BCUT2D eigenvalue weighted by Crippen LogP contribution is 2.21. The van der Waals surface area contributed by atoms with Crippen LogP contribution in [0.4, 0.5) is 4.39 Å². The molecule has 0 radical (unpaired) electrons. The maximum absolute atomic E-state index is 13.1. The largest absolute Gasteiger partial charge is 0.385 e. The average molecular weight is 254 g/mol. The molecule has 1 heterocycles. The van der Waals surface area contributed by atoms with Crippen molar-refractivity contribution >= 4 is 23.3 Å². The second kappa shape index (κ2) is 4.98. The highest BCUT2D eigenvalue weighted by molar-refractivity contribution is 7.71. The number of nitrogens with zero attached hydrogens (tertiary/aromatic N) is 1. The molecule has 1 aromatic carbocycles. The Balaban J connectivity index is 2.46. The van der Waals surface area contributed by atoms with Gasteiger partial charge in [0.2, 0.25) is 0 Å². The molecule has 0 aliphatic carbocycles. The minimum absolute atomic E-state index is 0.224. The molecule has 2 rings (SSSR count). The van der Waals surface area contributed by atoms with Crippen LogP contribution >= 0.6 is 12.2 Å². The SMILES string of the molecule is COCCC(C)n1c(=S)[nH]c2cc(F)ccc21. The zero-order valence-corrected chi connectivity index (χ0v) is 10.7. The Kier molecular flexibility index (Phi) is 3.59. The molecule has 0 saturated carbocycles. The molecule has 1 N–H and O–H groups in total. The number of fused-ring (bicyclic) bond motifs is 1. The summed E-state index contributed by atoms with van der Waals surface area (Å²) < 4.78 is 20.8. The number of hydrogen-bond acceptors (Lipinski definition) is 2. The summed E-state index contributed by atoms with van der Waals surface area (Å²) in [5.41, 5.74) is 1.67. The maximum atomic E-state index is 13.1. The Hall–Kier alpha value is -1.20. The van der Waals surface area contributed by atoms with Crippen molar-refractivity contribution in [1.29, 1.82) is 0 Å². The van der Waals surface area contributed by atoms with Crippen molar-refractivity contribution in [1.82, 2.24) is 9.55 Å². The van der Waals surface area contributed by atoms with E-state index in [1.807, 2.05) is 4.57 Å². The number of methoxy groups -OCH3 is 1. The lowest BCUT2D eigenvalue weighted by molar-refractivity contribution is 0.181. The van der Waals surface area contributed by atoms with Crippen LogP contribution in [0.1, 0.15) is 19.4 Å². The number of aromatic nitrogens is 2. The lowest BCUT2D eigenvalue weighted by Crippen LogP contribution is -2.07. The van der Waals surface area contributed by atoms with E-state index in [-0.39, 0.29) is 11.9 Å². The number of ether oxygens (including phenoxy) is 1. The zero-order valence-electron chi connectivity index (χ0n) is 9.87. The molecule has 0 amide bonds. The van der Waals surface area contributed by atoms with Crippen LogP contribution in [0.3, 0.4) is 0 Å². The van der Waals surface area contributed by atoms with E-state index in [0.717, 1.165) is 17.5 Å². The van der Waals surface area contributed by atoms with Crippen molar-refractivity contribution in [2.24, 2.45) is 0 Å². The van der Waals surface area contributed by atoms with E-state index in [9.17, 15) is 4.39 Å². The molecule has 5 heteroatoms. The Morgan fingerprint density at radius 1 is 1.53 bits per heavy atom. The minimum Gasteiger partial charge on any atom is -0.385 e. The third-order valence-electron chi connectivity index (χ3n) is 2.86. The lowest BCUT2D eigenvalue weighted by atomic mass is 10.2. The average Bonchev–Trinajstić information content (AvgIpc) is 2.61. The Labute approximate surface area is 104 Å². The first-order valence-corrected chi connectivity index (χ1v) is 5.93. The van der Waals surface area contributed by atoms with Gasteiger partial charge in [0.1, 0.15) is 5.82 Å². The van der Waals surface area contributed by atoms with Gasteiger partial charge in [-0.15, -0.1) is 0 Å². The molecule has 92 valence electrons. The van der Waals surface area contributed by atoms with E-state index < -0.39 is 0 Å². The van der Waals surface area contributed by atoms with Gasteiger partial charge in [-0.1, -0.05) is 0 Å². The van der Waals surface area contributed by atoms with Crippen LogP contribution in [0, 0.1) is 10.6 Å². The summed E-state index contributed by atoms with van der Waals surface area (Å²) in [6.07, 6.45) is 0.870. The Morgan fingerprint density at radius 3 is 3.00 bits per heavy atom. The van der Waals surface area contributed by atoms with Crippen LogP contribution < -0.4 is 0 Å². The van der Waals surface area contributed by atoms with Gasteiger partial charge in [-0.3, -0.25) is 0 Å². The third-order valence-corrected chi connectivity index (χ3v) is 3.16. The van der Waals surface area contributed by atoms with Gasteiger partial charge in [-0.25, -0.2) is 4.39 Å². The number of aromatic amines is 1. The fourth-order valence-electron chi connectivity index (χ4n) is 1.96. The van der Waals surface area contributed by atoms with Crippen molar-refractivity contribution in [2.75, 3.05) is 13.7 Å². The molecule has 1 aromatic heterocycles. The van der Waals surface area contributed by atoms with E-state index in [0.29, 0.717) is 11.4 Å². The molecule has 0 saturated heterocycles. The summed E-state index contributed by atoms with van der Waals surface area (Å²) in [5, 5.41) is 0. The zero-order chi connectivity index (χ0) is 12.4. The molecule has 1 atom stereocenters. The first kappa shape index (κ1) is 12.3. The number of halogens is 1. The summed E-state index contributed by atoms with van der Waals surface area (Å²) in [5.74, 6) is -0.259. The molecule has 0 fully saturated rings. The number of H-pyrrole nitrogens is 1. The molecule has 0 bridgehead atoms. The monoisotopic (exact) mass is 254 g/mol. The van der Waals surface area contributed by atoms with E-state index >= 15 is 0 Å². The van der Waals surface area contributed by atoms with E-state index in [1.165, 1.54) is 12.1 Å². The molecular formula is C12H15FN2OS. The molecule has 17 heavy (non-hydrogen) atoms. The molecule has 3 nitrogen and oxygen atoms in total. The topological polar surface area (TPSA) is 29.9 Å². The van der Waals surface area contributed by atoms with Crippen molar-refractivity contribution < 1.29 is 9.13 Å². The molecule has 2 aromatic rings. The predicted molar refractivity (Wildman–Crippen MR) is 68.3 cm³/mol. The van der Waals surface area contributed by atoms with Crippen LogP contribution in [0.5, 0.6) is 0 Å². The quantitative estimate of drug-likeness (QED) is 0.847. The van der Waals surface area contributed by atoms with Crippen LogP contribution in [0.25, 0.3) is 11.0 Å². The first-order chi connectivity index (χ1) is 8.13.